The first-order valence-corrected chi connectivity index (χ1v) is 10.8. The summed E-state index contributed by atoms with van der Waals surface area (Å²) in [7, 11) is 0. The Morgan fingerprint density at radius 3 is 2.30 bits per heavy atom. The van der Waals surface area contributed by atoms with Gasteiger partial charge in [0, 0.05) is 19.1 Å². The molecule has 0 saturated heterocycles. The first-order chi connectivity index (χ1) is 15.5. The van der Waals surface area contributed by atoms with Crippen LogP contribution in [0.2, 0.25) is 0 Å². The van der Waals surface area contributed by atoms with Crippen molar-refractivity contribution in [3.05, 3.63) is 71.3 Å². The molecular weight excluding hydrogens is 448 g/mol. The SMILES string of the molecule is OC(CN(Cc1ccccc1)C1CCCC(OCc2cccc(C(F)(F)F)c2)C1)C(F)(F)F. The van der Waals surface area contributed by atoms with Gasteiger partial charge >= 0.3 is 12.4 Å². The number of halogens is 6. The Morgan fingerprint density at radius 2 is 1.64 bits per heavy atom. The normalized spacial score (nSPS) is 20.7. The van der Waals surface area contributed by atoms with E-state index in [0.29, 0.717) is 31.2 Å². The summed E-state index contributed by atoms with van der Waals surface area (Å²) >= 11 is 0. The first-order valence-electron chi connectivity index (χ1n) is 10.8. The average Bonchev–Trinajstić information content (AvgIpc) is 2.77. The zero-order valence-electron chi connectivity index (χ0n) is 17.9. The minimum atomic E-state index is -4.72. The lowest BCUT2D eigenvalue weighted by molar-refractivity contribution is -0.210. The third kappa shape index (κ3) is 7.72. The Hall–Kier alpha value is -2.10. The highest BCUT2D eigenvalue weighted by Gasteiger charge is 2.41. The largest absolute Gasteiger partial charge is 0.416 e. The summed E-state index contributed by atoms with van der Waals surface area (Å²) in [5.74, 6) is 0. The maximum absolute atomic E-state index is 13.0. The summed E-state index contributed by atoms with van der Waals surface area (Å²) in [5, 5.41) is 9.68. The molecule has 1 N–H and O–H groups in total. The Labute approximate surface area is 189 Å². The maximum atomic E-state index is 13.0. The van der Waals surface area contributed by atoms with Crippen LogP contribution >= 0.6 is 0 Å². The lowest BCUT2D eigenvalue weighted by atomic mass is 9.91. The first kappa shape index (κ1) is 25.5. The van der Waals surface area contributed by atoms with Gasteiger partial charge in [-0.3, -0.25) is 4.90 Å². The van der Waals surface area contributed by atoms with Crippen LogP contribution in [0.1, 0.15) is 42.4 Å². The molecule has 3 unspecified atom stereocenters. The zero-order chi connectivity index (χ0) is 24.1. The standard InChI is InChI=1S/C24H27F6NO2/c25-23(26,27)19-9-4-8-18(12-19)16-33-21-11-5-10-20(13-21)31(15-22(32)24(28,29)30)14-17-6-2-1-3-7-17/h1-4,6-9,12,20-22,32H,5,10-11,13-16H2. The van der Waals surface area contributed by atoms with Crippen LogP contribution < -0.4 is 0 Å². The van der Waals surface area contributed by atoms with Crippen LogP contribution in [-0.4, -0.2) is 41.0 Å². The molecule has 0 bridgehead atoms. The second-order valence-corrected chi connectivity index (χ2v) is 8.42. The number of hydrogen-bond donors (Lipinski definition) is 1. The summed E-state index contributed by atoms with van der Waals surface area (Å²) in [6.45, 7) is -0.312. The van der Waals surface area contributed by atoms with Crippen LogP contribution in [-0.2, 0) is 24.1 Å². The molecule has 1 aliphatic carbocycles. The molecule has 1 fully saturated rings. The van der Waals surface area contributed by atoms with Crippen molar-refractivity contribution in [1.82, 2.24) is 4.90 Å². The van der Waals surface area contributed by atoms with E-state index in [9.17, 15) is 31.4 Å². The number of aliphatic hydroxyl groups excluding tert-OH is 1. The summed E-state index contributed by atoms with van der Waals surface area (Å²) in [5.41, 5.74) is 0.472. The van der Waals surface area contributed by atoms with Crippen LogP contribution in [0.5, 0.6) is 0 Å². The molecule has 0 heterocycles. The molecule has 3 nitrogen and oxygen atoms in total. The van der Waals surface area contributed by atoms with Crippen molar-refractivity contribution in [2.75, 3.05) is 6.54 Å². The molecular formula is C24H27F6NO2. The Bertz CT molecular complexity index is 871. The molecule has 9 heteroatoms. The molecule has 0 aromatic heterocycles. The van der Waals surface area contributed by atoms with Crippen molar-refractivity contribution >= 4 is 0 Å². The van der Waals surface area contributed by atoms with E-state index in [1.165, 1.54) is 6.07 Å². The summed E-state index contributed by atoms with van der Waals surface area (Å²) < 4.78 is 83.7. The van der Waals surface area contributed by atoms with Crippen molar-refractivity contribution in [2.45, 2.75) is 69.4 Å². The van der Waals surface area contributed by atoms with E-state index in [0.717, 1.165) is 17.7 Å². The molecule has 1 aliphatic rings. The van der Waals surface area contributed by atoms with Gasteiger partial charge in [0.1, 0.15) is 0 Å². The van der Waals surface area contributed by atoms with E-state index in [4.69, 9.17) is 4.74 Å². The van der Waals surface area contributed by atoms with Crippen LogP contribution in [0.4, 0.5) is 26.3 Å². The van der Waals surface area contributed by atoms with E-state index in [-0.39, 0.29) is 25.3 Å². The van der Waals surface area contributed by atoms with Gasteiger partial charge in [-0.05, 0) is 48.9 Å². The zero-order valence-corrected chi connectivity index (χ0v) is 17.9. The maximum Gasteiger partial charge on any atom is 0.416 e. The van der Waals surface area contributed by atoms with Gasteiger partial charge in [-0.1, -0.05) is 42.5 Å². The number of hydrogen-bond acceptors (Lipinski definition) is 3. The fraction of sp³-hybridized carbons (Fsp3) is 0.500. The highest BCUT2D eigenvalue weighted by atomic mass is 19.4. The molecule has 182 valence electrons. The molecule has 2 aromatic rings. The highest BCUT2D eigenvalue weighted by molar-refractivity contribution is 5.25. The molecule has 3 rings (SSSR count). The molecule has 0 radical (unpaired) electrons. The van der Waals surface area contributed by atoms with Gasteiger partial charge in [0.25, 0.3) is 0 Å². The minimum absolute atomic E-state index is 0.00876. The van der Waals surface area contributed by atoms with E-state index in [2.05, 4.69) is 0 Å². The minimum Gasteiger partial charge on any atom is -0.382 e. The quantitative estimate of drug-likeness (QED) is 0.479. The number of nitrogens with zero attached hydrogens (tertiary/aromatic N) is 1. The second kappa shape index (κ2) is 10.9. The fourth-order valence-corrected chi connectivity index (χ4v) is 4.14. The molecule has 1 saturated carbocycles. The van der Waals surface area contributed by atoms with E-state index in [1.807, 2.05) is 18.2 Å². The third-order valence-corrected chi connectivity index (χ3v) is 5.87. The lowest BCUT2D eigenvalue weighted by Crippen LogP contribution is -2.47. The lowest BCUT2D eigenvalue weighted by Gasteiger charge is -2.38. The molecule has 0 spiro atoms. The van der Waals surface area contributed by atoms with E-state index in [1.54, 1.807) is 23.1 Å². The van der Waals surface area contributed by atoms with Crippen LogP contribution in [0.15, 0.2) is 54.6 Å². The van der Waals surface area contributed by atoms with Gasteiger partial charge in [-0.15, -0.1) is 0 Å². The van der Waals surface area contributed by atoms with E-state index < -0.39 is 30.6 Å². The number of ether oxygens (including phenoxy) is 1. The van der Waals surface area contributed by atoms with Crippen molar-refractivity contribution < 1.29 is 36.2 Å². The number of alkyl halides is 6. The number of benzene rings is 2. The second-order valence-electron chi connectivity index (χ2n) is 8.42. The Morgan fingerprint density at radius 1 is 0.939 bits per heavy atom. The molecule has 3 atom stereocenters. The average molecular weight is 475 g/mol. The highest BCUT2D eigenvalue weighted by Crippen LogP contribution is 2.31. The van der Waals surface area contributed by atoms with Crippen LogP contribution in [0.3, 0.4) is 0 Å². The van der Waals surface area contributed by atoms with Crippen molar-refractivity contribution in [1.29, 1.82) is 0 Å². The van der Waals surface area contributed by atoms with Gasteiger partial charge in [-0.25, -0.2) is 0 Å². The van der Waals surface area contributed by atoms with Gasteiger partial charge < -0.3 is 9.84 Å². The Balaban J connectivity index is 1.65. The number of aliphatic hydroxyl groups is 1. The van der Waals surface area contributed by atoms with Crippen LogP contribution in [0.25, 0.3) is 0 Å². The monoisotopic (exact) mass is 475 g/mol. The fourth-order valence-electron chi connectivity index (χ4n) is 4.14. The molecule has 2 aromatic carbocycles. The topological polar surface area (TPSA) is 32.7 Å². The molecule has 0 aliphatic heterocycles. The van der Waals surface area contributed by atoms with Crippen molar-refractivity contribution in [2.24, 2.45) is 0 Å². The summed E-state index contributed by atoms with van der Waals surface area (Å²) in [4.78, 5) is 1.63. The van der Waals surface area contributed by atoms with Crippen LogP contribution in [0, 0.1) is 0 Å². The summed E-state index contributed by atoms with van der Waals surface area (Å²) in [6.07, 6.45) is -9.43. The van der Waals surface area contributed by atoms with Gasteiger partial charge in [0.05, 0.1) is 18.3 Å². The van der Waals surface area contributed by atoms with Crippen molar-refractivity contribution in [3.8, 4) is 0 Å². The predicted molar refractivity (Wildman–Crippen MR) is 111 cm³/mol. The smallest absolute Gasteiger partial charge is 0.382 e. The van der Waals surface area contributed by atoms with E-state index >= 15 is 0 Å². The molecule has 33 heavy (non-hydrogen) atoms. The van der Waals surface area contributed by atoms with Gasteiger partial charge in [-0.2, -0.15) is 26.3 Å². The Kier molecular flexibility index (Phi) is 8.42. The number of rotatable bonds is 8. The predicted octanol–water partition coefficient (Wildman–Crippen LogP) is 5.96. The molecule has 0 amide bonds. The summed E-state index contributed by atoms with van der Waals surface area (Å²) in [6, 6.07) is 13.7. The third-order valence-electron chi connectivity index (χ3n) is 5.87. The van der Waals surface area contributed by atoms with Gasteiger partial charge in [0.15, 0.2) is 6.10 Å². The van der Waals surface area contributed by atoms with Crippen molar-refractivity contribution in [3.63, 3.8) is 0 Å². The van der Waals surface area contributed by atoms with Gasteiger partial charge in [0.2, 0.25) is 0 Å².